The van der Waals surface area contributed by atoms with Crippen molar-refractivity contribution in [3.63, 3.8) is 0 Å². The first-order valence-corrected chi connectivity index (χ1v) is 6.32. The number of carboxylic acid groups (broad SMARTS) is 2. The normalized spacial score (nSPS) is 4.70. The van der Waals surface area contributed by atoms with Crippen molar-refractivity contribution in [2.75, 3.05) is 7.11 Å². The van der Waals surface area contributed by atoms with E-state index in [2.05, 4.69) is 14.7 Å². The zero-order valence-electron chi connectivity index (χ0n) is 19.9. The smallest absolute Gasteiger partial charge is 0.373 e. The summed E-state index contributed by atoms with van der Waals surface area (Å²) in [6, 6.07) is 0. The van der Waals surface area contributed by atoms with Crippen molar-refractivity contribution in [1.82, 2.24) is 0 Å². The van der Waals surface area contributed by atoms with Crippen molar-refractivity contribution in [2.24, 2.45) is 0 Å². The molecule has 232 valence electrons. The van der Waals surface area contributed by atoms with E-state index in [1.807, 2.05) is 0 Å². The summed E-state index contributed by atoms with van der Waals surface area (Å²) < 4.78 is 0. The second-order valence-electron chi connectivity index (χ2n) is 2.87. The van der Waals surface area contributed by atoms with E-state index in [-0.39, 0.29) is 33.5 Å². The van der Waals surface area contributed by atoms with Crippen LogP contribution in [0, 0.1) is 19.9 Å². The van der Waals surface area contributed by atoms with Crippen molar-refractivity contribution in [2.45, 2.75) is 34.6 Å². The molecule has 0 unspecified atom stereocenters. The molecular formula is C12H34O25. The third-order valence-electron chi connectivity index (χ3n) is 0.386. The van der Waals surface area contributed by atoms with Gasteiger partial charge in [0.2, 0.25) is 0 Å². The molecule has 0 bridgehead atoms. The third kappa shape index (κ3) is 11200. The van der Waals surface area contributed by atoms with Gasteiger partial charge in [-0.15, -0.1) is 0 Å². The first kappa shape index (κ1) is 94.1. The van der Waals surface area contributed by atoms with E-state index in [0.29, 0.717) is 0 Å². The molecule has 0 aromatic carbocycles. The Kier molecular flexibility index (Phi) is 354. The lowest BCUT2D eigenvalue weighted by Gasteiger charge is -1.76. The largest absolute Gasteiger partial charge is 0.481 e. The molecule has 37 heavy (non-hydrogen) atoms. The van der Waals surface area contributed by atoms with E-state index in [9.17, 15) is 14.4 Å². The molecule has 0 aromatic rings. The molecule has 0 atom stereocenters. The van der Waals surface area contributed by atoms with Crippen LogP contribution in [0.4, 0.5) is 0 Å². The zero-order chi connectivity index (χ0) is 28.7. The van der Waals surface area contributed by atoms with Gasteiger partial charge in [0, 0.05) is 61.6 Å². The van der Waals surface area contributed by atoms with Crippen LogP contribution in [-0.4, -0.2) is 102 Å². The Morgan fingerprint density at radius 1 is 0.486 bits per heavy atom. The van der Waals surface area contributed by atoms with E-state index in [1.54, 1.807) is 0 Å². The molecule has 0 rings (SSSR count). The minimum absolute atomic E-state index is 0. The van der Waals surface area contributed by atoms with Gasteiger partial charge in [-0.05, 0) is 0 Å². The molecule has 0 radical (unpaired) electrons. The average Bonchev–Trinajstić information content (AvgIpc) is 2.73. The highest BCUT2D eigenvalue weighted by Crippen LogP contribution is 1.60. The topological polar surface area (TPSA) is 494 Å². The van der Waals surface area contributed by atoms with Gasteiger partial charge in [0.1, 0.15) is 0 Å². The van der Waals surface area contributed by atoms with Gasteiger partial charge in [-0.2, -0.15) is 25.4 Å². The van der Waals surface area contributed by atoms with Crippen LogP contribution in [0.1, 0.15) is 34.6 Å². The number of aliphatic hydroxyl groups excluding tert-OH is 1. The molecule has 16 N–H and O–H groups in total. The summed E-state index contributed by atoms with van der Waals surface area (Å²) in [6.45, 7) is 5.50. The van der Waals surface area contributed by atoms with Crippen molar-refractivity contribution < 1.29 is 107 Å². The van der Waals surface area contributed by atoms with Crippen LogP contribution in [0.2, 0.25) is 0 Å². The lowest BCUT2D eigenvalue weighted by Crippen LogP contribution is -1.89. The van der Waals surface area contributed by atoms with Crippen molar-refractivity contribution in [3.8, 4) is 0 Å². The van der Waals surface area contributed by atoms with E-state index in [4.69, 9.17) is 70.1 Å². The average molecular weight is 578 g/mol. The highest BCUT2D eigenvalue weighted by molar-refractivity contribution is 5.65. The molecule has 0 heterocycles. The molecule has 0 amide bonds. The summed E-state index contributed by atoms with van der Waals surface area (Å²) >= 11 is 0. The van der Waals surface area contributed by atoms with Gasteiger partial charge in [0.15, 0.2) is 0 Å². The number of carboxylic acids is 2. The van der Waals surface area contributed by atoms with Gasteiger partial charge in [0.05, 0.1) is 0 Å². The van der Waals surface area contributed by atoms with Crippen LogP contribution in [0.5, 0.6) is 0 Å². The minimum atomic E-state index is -0.833. The van der Waals surface area contributed by atoms with Crippen LogP contribution in [0.25, 0.3) is 0 Å². The predicted octanol–water partition coefficient (Wildman–Crippen LogP) is -4.72. The number of rotatable bonds is 0. The highest BCUT2D eigenvalue weighted by Gasteiger charge is 1.80. The second-order valence-corrected chi connectivity index (χ2v) is 2.87. The molecule has 0 aliphatic carbocycles. The van der Waals surface area contributed by atoms with Crippen molar-refractivity contribution in [3.05, 3.63) is 19.9 Å². The molecule has 0 spiro atoms. The summed E-state index contributed by atoms with van der Waals surface area (Å²) in [4.78, 5) is 99.6. The fraction of sp³-hybridized carbons (Fsp3) is 0.500. The van der Waals surface area contributed by atoms with Crippen molar-refractivity contribution in [1.29, 1.82) is 0 Å². The Hall–Kier alpha value is -4.43. The summed E-state index contributed by atoms with van der Waals surface area (Å²) in [5.74, 6) is -3.74. The van der Waals surface area contributed by atoms with Gasteiger partial charge < -0.3 is 57.4 Å². The Bertz CT molecular complexity index is 388. The number of hydrogen-bond acceptors (Lipinski definition) is 18. The highest BCUT2D eigenvalue weighted by atomic mass is 17.1. The molecule has 25 heteroatoms. The Morgan fingerprint density at radius 2 is 0.514 bits per heavy atom. The lowest BCUT2D eigenvalue weighted by atomic mass is 10.9. The molecular weight excluding hydrogens is 544 g/mol. The van der Waals surface area contributed by atoms with Gasteiger partial charge in [-0.3, -0.25) is 9.59 Å². The summed E-state index contributed by atoms with van der Waals surface area (Å²) in [7, 11) is 1.00. The van der Waals surface area contributed by atoms with E-state index in [1.165, 1.54) is 0 Å². The molecule has 0 aromatic heterocycles. The first-order valence-electron chi connectivity index (χ1n) is 6.32. The van der Waals surface area contributed by atoms with Gasteiger partial charge in [-0.25, -0.2) is 14.4 Å². The Balaban J connectivity index is -0.0000000134. The van der Waals surface area contributed by atoms with Crippen molar-refractivity contribution >= 4 is 36.0 Å². The number of aliphatic hydroxyl groups is 1. The van der Waals surface area contributed by atoms with Crippen LogP contribution in [0.3, 0.4) is 0 Å². The molecule has 0 fully saturated rings. The lowest BCUT2D eigenvalue weighted by molar-refractivity contribution is -0.231. The molecule has 25 nitrogen and oxygen atoms in total. The summed E-state index contributed by atoms with van der Waals surface area (Å²) in [5, 5.41) is 43.7. The van der Waals surface area contributed by atoms with Crippen LogP contribution in [0.15, 0.2) is 0 Å². The number of aliphatic carboxylic acids is 2. The standard InChI is InChI=1S/3C2H4O3.2C2H4O2.CO2.CH4O.2O2.5H2O/c3*1-2(3)5-4;2*1-2(3)4;2-1-3;3*1-2;;;;;/h3*4H,1H3;2*1H3,(H,3,4);;2H,1H3;;;5*1H2. The van der Waals surface area contributed by atoms with E-state index in [0.717, 1.165) is 41.7 Å². The quantitative estimate of drug-likeness (QED) is 0.0892. The summed E-state index contributed by atoms with van der Waals surface area (Å²) in [6.07, 6.45) is 0.250. The number of carbonyl (C=O) groups excluding carboxylic acids is 5. The maximum Gasteiger partial charge on any atom is 0.373 e. The fourth-order valence-corrected chi connectivity index (χ4v) is 0. The van der Waals surface area contributed by atoms with Crippen LogP contribution < -0.4 is 0 Å². The molecule has 0 aliphatic heterocycles. The molecule has 0 saturated heterocycles. The van der Waals surface area contributed by atoms with Crippen LogP contribution >= 0.6 is 0 Å². The maximum atomic E-state index is 9.34. The van der Waals surface area contributed by atoms with E-state index >= 15 is 0 Å². The summed E-state index contributed by atoms with van der Waals surface area (Å²) in [5.41, 5.74) is 0. The number of carbonyl (C=O) groups is 5. The van der Waals surface area contributed by atoms with Gasteiger partial charge in [-0.1, -0.05) is 0 Å². The minimum Gasteiger partial charge on any atom is -0.481 e. The monoisotopic (exact) mass is 578 g/mol. The third-order valence-corrected chi connectivity index (χ3v) is 0.386. The molecule has 0 aliphatic rings. The SMILES string of the molecule is CC(=O)O.CC(=O)O.CC(=O)OO.CC(=O)OO.CC(=O)OO.CO.O.O.O.O.O.O=C=O.O=O.O=O. The fourth-order valence-electron chi connectivity index (χ4n) is 0. The van der Waals surface area contributed by atoms with Gasteiger partial charge >= 0.3 is 24.1 Å². The Labute approximate surface area is 205 Å². The predicted molar refractivity (Wildman–Crippen MR) is 114 cm³/mol. The van der Waals surface area contributed by atoms with Crippen LogP contribution in [-0.2, 0) is 48.2 Å². The Morgan fingerprint density at radius 3 is 0.514 bits per heavy atom. The van der Waals surface area contributed by atoms with Gasteiger partial charge in [0.25, 0.3) is 11.9 Å². The van der Waals surface area contributed by atoms with E-state index < -0.39 is 29.8 Å². The second kappa shape index (κ2) is 139. The molecule has 0 saturated carbocycles. The number of hydrogen-bond donors (Lipinski definition) is 6. The zero-order valence-corrected chi connectivity index (χ0v) is 19.9. The first-order chi connectivity index (χ1) is 14.7. The maximum absolute atomic E-state index is 9.34.